The smallest absolute Gasteiger partial charge is 0.311 e. The van der Waals surface area contributed by atoms with E-state index < -0.39 is 4.92 Å². The largest absolute Gasteiger partial charge is 0.490 e. The highest BCUT2D eigenvalue weighted by Gasteiger charge is 2.27. The number of ether oxygens (including phenoxy) is 1. The number of carbonyl (C=O) groups excluding carboxylic acids is 2. The van der Waals surface area contributed by atoms with Crippen LogP contribution in [0.5, 0.6) is 5.75 Å². The number of methoxy groups -OCH3 is 1. The Balaban J connectivity index is 1.67. The second-order valence-electron chi connectivity index (χ2n) is 6.59. The zero-order valence-corrected chi connectivity index (χ0v) is 15.8. The average Bonchev–Trinajstić information content (AvgIpc) is 2.73. The summed E-state index contributed by atoms with van der Waals surface area (Å²) in [6.45, 7) is 3.53. The quantitative estimate of drug-likeness (QED) is 0.597. The van der Waals surface area contributed by atoms with Gasteiger partial charge in [0.15, 0.2) is 5.75 Å². The molecule has 1 heterocycles. The standard InChI is InChI=1S/C20H21N3O5/c1-14-3-5-15(6-4-14)19(24)21-9-11-22(12-10-21)20(25)16-7-8-18(28-2)17(13-16)23(26)27/h3-8,13H,9-12H2,1-2H3. The molecule has 3 rings (SSSR count). The van der Waals surface area contributed by atoms with Gasteiger partial charge in [0.2, 0.25) is 0 Å². The number of nitrogens with zero attached hydrogens (tertiary/aromatic N) is 3. The fourth-order valence-electron chi connectivity index (χ4n) is 3.14. The molecule has 0 aliphatic carbocycles. The van der Waals surface area contributed by atoms with Crippen LogP contribution in [0.3, 0.4) is 0 Å². The minimum absolute atomic E-state index is 0.0628. The van der Waals surface area contributed by atoms with Crippen molar-refractivity contribution in [1.29, 1.82) is 0 Å². The van der Waals surface area contributed by atoms with Crippen LogP contribution in [0.25, 0.3) is 0 Å². The lowest BCUT2D eigenvalue weighted by atomic mass is 10.1. The van der Waals surface area contributed by atoms with Gasteiger partial charge in [0.25, 0.3) is 11.8 Å². The topological polar surface area (TPSA) is 93.0 Å². The summed E-state index contributed by atoms with van der Waals surface area (Å²) in [6.07, 6.45) is 0. The molecule has 1 aliphatic rings. The van der Waals surface area contributed by atoms with Crippen molar-refractivity contribution in [2.24, 2.45) is 0 Å². The minimum Gasteiger partial charge on any atom is -0.490 e. The number of nitro benzene ring substituents is 1. The first kappa shape index (κ1) is 19.3. The first-order valence-electron chi connectivity index (χ1n) is 8.88. The number of carbonyl (C=O) groups is 2. The molecule has 0 spiro atoms. The number of nitro groups is 1. The van der Waals surface area contributed by atoms with Gasteiger partial charge in [0, 0.05) is 43.4 Å². The van der Waals surface area contributed by atoms with Crippen molar-refractivity contribution >= 4 is 17.5 Å². The van der Waals surface area contributed by atoms with Gasteiger partial charge in [-0.05, 0) is 31.2 Å². The summed E-state index contributed by atoms with van der Waals surface area (Å²) in [5, 5.41) is 11.2. The van der Waals surface area contributed by atoms with Crippen LogP contribution in [0.2, 0.25) is 0 Å². The highest BCUT2D eigenvalue weighted by atomic mass is 16.6. The molecule has 1 fully saturated rings. The van der Waals surface area contributed by atoms with Crippen molar-refractivity contribution < 1.29 is 19.2 Å². The second kappa shape index (κ2) is 8.08. The summed E-state index contributed by atoms with van der Waals surface area (Å²) >= 11 is 0. The molecule has 0 unspecified atom stereocenters. The van der Waals surface area contributed by atoms with Gasteiger partial charge in [-0.1, -0.05) is 17.7 Å². The van der Waals surface area contributed by atoms with Crippen LogP contribution in [0.15, 0.2) is 42.5 Å². The van der Waals surface area contributed by atoms with Gasteiger partial charge in [-0.15, -0.1) is 0 Å². The van der Waals surface area contributed by atoms with E-state index in [0.29, 0.717) is 31.7 Å². The van der Waals surface area contributed by atoms with Crippen LogP contribution in [0.1, 0.15) is 26.3 Å². The molecule has 8 heteroatoms. The van der Waals surface area contributed by atoms with Crippen LogP contribution in [0.4, 0.5) is 5.69 Å². The fraction of sp³-hybridized carbons (Fsp3) is 0.300. The molecule has 1 aliphatic heterocycles. The number of aryl methyl sites for hydroxylation is 1. The number of hydrogen-bond acceptors (Lipinski definition) is 5. The van der Waals surface area contributed by atoms with Crippen molar-refractivity contribution in [3.8, 4) is 5.75 Å². The normalized spacial score (nSPS) is 13.9. The van der Waals surface area contributed by atoms with Gasteiger partial charge in [-0.3, -0.25) is 19.7 Å². The van der Waals surface area contributed by atoms with Gasteiger partial charge < -0.3 is 14.5 Å². The van der Waals surface area contributed by atoms with Crippen LogP contribution >= 0.6 is 0 Å². The van der Waals surface area contributed by atoms with E-state index >= 15 is 0 Å². The van der Waals surface area contributed by atoms with Crippen molar-refractivity contribution in [2.45, 2.75) is 6.92 Å². The Morgan fingerprint density at radius 1 is 0.929 bits per heavy atom. The third-order valence-corrected chi connectivity index (χ3v) is 4.78. The molecule has 2 aromatic rings. The second-order valence-corrected chi connectivity index (χ2v) is 6.59. The first-order valence-corrected chi connectivity index (χ1v) is 8.88. The number of piperazine rings is 1. The maximum atomic E-state index is 12.7. The highest BCUT2D eigenvalue weighted by molar-refractivity contribution is 5.96. The molecule has 0 bridgehead atoms. The fourth-order valence-corrected chi connectivity index (χ4v) is 3.14. The van der Waals surface area contributed by atoms with E-state index in [1.165, 1.54) is 25.3 Å². The number of benzene rings is 2. The summed E-state index contributed by atoms with van der Waals surface area (Å²) in [4.78, 5) is 39.2. The van der Waals surface area contributed by atoms with Gasteiger partial charge in [-0.2, -0.15) is 0 Å². The van der Waals surface area contributed by atoms with Crippen LogP contribution in [-0.2, 0) is 0 Å². The molecular formula is C20H21N3O5. The van der Waals surface area contributed by atoms with E-state index in [2.05, 4.69) is 0 Å². The maximum absolute atomic E-state index is 12.7. The average molecular weight is 383 g/mol. The van der Waals surface area contributed by atoms with Gasteiger partial charge in [0.05, 0.1) is 12.0 Å². The van der Waals surface area contributed by atoms with Crippen molar-refractivity contribution in [3.63, 3.8) is 0 Å². The van der Waals surface area contributed by atoms with E-state index in [-0.39, 0.29) is 28.8 Å². The summed E-state index contributed by atoms with van der Waals surface area (Å²) in [5.74, 6) is -0.254. The molecule has 0 aromatic heterocycles. The molecule has 1 saturated heterocycles. The zero-order chi connectivity index (χ0) is 20.3. The van der Waals surface area contributed by atoms with Crippen LogP contribution in [0, 0.1) is 17.0 Å². The Kier molecular flexibility index (Phi) is 5.58. The van der Waals surface area contributed by atoms with E-state index in [4.69, 9.17) is 4.74 Å². The molecular weight excluding hydrogens is 362 g/mol. The predicted octanol–water partition coefficient (Wildman–Crippen LogP) is 2.51. The van der Waals surface area contributed by atoms with E-state index in [0.717, 1.165) is 5.56 Å². The highest BCUT2D eigenvalue weighted by Crippen LogP contribution is 2.28. The monoisotopic (exact) mass is 383 g/mol. The van der Waals surface area contributed by atoms with Gasteiger partial charge in [0.1, 0.15) is 0 Å². The van der Waals surface area contributed by atoms with Gasteiger partial charge in [-0.25, -0.2) is 0 Å². The molecule has 8 nitrogen and oxygen atoms in total. The minimum atomic E-state index is -0.576. The van der Waals surface area contributed by atoms with Gasteiger partial charge >= 0.3 is 5.69 Å². The van der Waals surface area contributed by atoms with Crippen molar-refractivity contribution in [1.82, 2.24) is 9.80 Å². The first-order chi connectivity index (χ1) is 13.4. The molecule has 146 valence electrons. The molecule has 2 amide bonds. The van der Waals surface area contributed by atoms with Crippen molar-refractivity contribution in [2.75, 3.05) is 33.3 Å². The summed E-state index contributed by atoms with van der Waals surface area (Å²) in [5.41, 5.74) is 1.68. The molecule has 0 saturated carbocycles. The third kappa shape index (κ3) is 3.95. The third-order valence-electron chi connectivity index (χ3n) is 4.78. The predicted molar refractivity (Wildman–Crippen MR) is 103 cm³/mol. The Morgan fingerprint density at radius 2 is 1.43 bits per heavy atom. The SMILES string of the molecule is COc1ccc(C(=O)N2CCN(C(=O)c3ccc(C)cc3)CC2)cc1[N+](=O)[O-]. The van der Waals surface area contributed by atoms with Crippen LogP contribution in [-0.4, -0.2) is 59.8 Å². The van der Waals surface area contributed by atoms with E-state index in [1.807, 2.05) is 19.1 Å². The van der Waals surface area contributed by atoms with E-state index in [9.17, 15) is 19.7 Å². The summed E-state index contributed by atoms with van der Waals surface area (Å²) < 4.78 is 4.97. The molecule has 0 N–H and O–H groups in total. The molecule has 28 heavy (non-hydrogen) atoms. The molecule has 0 atom stereocenters. The van der Waals surface area contributed by atoms with Crippen molar-refractivity contribution in [3.05, 3.63) is 69.3 Å². The maximum Gasteiger partial charge on any atom is 0.311 e. The summed E-state index contributed by atoms with van der Waals surface area (Å²) in [7, 11) is 1.34. The number of amides is 2. The Hall–Kier alpha value is -3.42. The summed E-state index contributed by atoms with van der Waals surface area (Å²) in [6, 6.07) is 11.5. The Labute approximate surface area is 162 Å². The lowest BCUT2D eigenvalue weighted by Crippen LogP contribution is -2.50. The lowest BCUT2D eigenvalue weighted by Gasteiger charge is -2.34. The lowest BCUT2D eigenvalue weighted by molar-refractivity contribution is -0.385. The Morgan fingerprint density at radius 3 is 1.93 bits per heavy atom. The van der Waals surface area contributed by atoms with Crippen LogP contribution < -0.4 is 4.74 Å². The molecule has 0 radical (unpaired) electrons. The molecule has 2 aromatic carbocycles. The zero-order valence-electron chi connectivity index (χ0n) is 15.8. The number of hydrogen-bond donors (Lipinski definition) is 0. The van der Waals surface area contributed by atoms with E-state index in [1.54, 1.807) is 21.9 Å². The Bertz CT molecular complexity index is 903. The number of rotatable bonds is 4.